The Kier molecular flexibility index (Phi) is 4.61. The number of nitriles is 1. The lowest BCUT2D eigenvalue weighted by molar-refractivity contribution is 0.0696. The molecule has 126 valence electrons. The molecule has 0 amide bonds. The molecular weight excluding hydrogens is 332 g/mol. The van der Waals surface area contributed by atoms with Gasteiger partial charge in [0.2, 0.25) is 0 Å². The summed E-state index contributed by atoms with van der Waals surface area (Å²) in [6.07, 6.45) is 1.44. The highest BCUT2D eigenvalue weighted by atomic mass is 32.2. The molecular formula is C15H16N4O4S. The quantitative estimate of drug-likeness (QED) is 0.853. The summed E-state index contributed by atoms with van der Waals surface area (Å²) in [5, 5.41) is 22.3. The van der Waals surface area contributed by atoms with Crippen molar-refractivity contribution in [3.8, 4) is 6.07 Å². The third kappa shape index (κ3) is 3.38. The van der Waals surface area contributed by atoms with Crippen molar-refractivity contribution in [1.29, 1.82) is 5.26 Å². The number of anilines is 1. The minimum atomic E-state index is -4.07. The SMILES string of the molecule is Cc1ccc(S(=O)(=O)Nc2nn(C(C)C)cc2C#N)cc1C(=O)O. The molecule has 0 aliphatic rings. The van der Waals surface area contributed by atoms with E-state index in [4.69, 9.17) is 10.4 Å². The van der Waals surface area contributed by atoms with E-state index in [1.807, 2.05) is 19.9 Å². The van der Waals surface area contributed by atoms with Crippen molar-refractivity contribution < 1.29 is 18.3 Å². The maximum absolute atomic E-state index is 12.5. The molecule has 2 N–H and O–H groups in total. The van der Waals surface area contributed by atoms with Crippen molar-refractivity contribution in [2.45, 2.75) is 31.7 Å². The zero-order chi connectivity index (χ0) is 18.1. The molecule has 9 heteroatoms. The molecule has 1 heterocycles. The van der Waals surface area contributed by atoms with Gasteiger partial charge in [-0.25, -0.2) is 13.2 Å². The molecule has 0 radical (unpaired) electrons. The summed E-state index contributed by atoms with van der Waals surface area (Å²) in [6, 6.07) is 5.62. The molecule has 2 rings (SSSR count). The van der Waals surface area contributed by atoms with Crippen molar-refractivity contribution in [2.75, 3.05) is 4.72 Å². The van der Waals surface area contributed by atoms with E-state index in [1.165, 1.54) is 23.0 Å². The fourth-order valence-corrected chi connectivity index (χ4v) is 3.04. The Bertz CT molecular complexity index is 939. The zero-order valence-corrected chi connectivity index (χ0v) is 14.1. The Morgan fingerprint density at radius 1 is 1.42 bits per heavy atom. The van der Waals surface area contributed by atoms with Crippen LogP contribution in [0, 0.1) is 18.3 Å². The summed E-state index contributed by atoms with van der Waals surface area (Å²) in [4.78, 5) is 10.9. The second-order valence-electron chi connectivity index (χ2n) is 5.46. The number of nitrogens with zero attached hydrogens (tertiary/aromatic N) is 3. The van der Waals surface area contributed by atoms with Crippen LogP contribution in [0.4, 0.5) is 5.82 Å². The average Bonchev–Trinajstić information content (AvgIpc) is 2.89. The molecule has 0 fully saturated rings. The minimum Gasteiger partial charge on any atom is -0.478 e. The van der Waals surface area contributed by atoms with Crippen molar-refractivity contribution in [2.24, 2.45) is 0 Å². The van der Waals surface area contributed by atoms with Gasteiger partial charge in [0.05, 0.1) is 10.5 Å². The van der Waals surface area contributed by atoms with Crippen molar-refractivity contribution >= 4 is 21.8 Å². The second kappa shape index (κ2) is 6.33. The lowest BCUT2D eigenvalue weighted by atomic mass is 10.1. The van der Waals surface area contributed by atoms with Crippen LogP contribution in [0.5, 0.6) is 0 Å². The van der Waals surface area contributed by atoms with Crippen molar-refractivity contribution in [3.63, 3.8) is 0 Å². The number of carbonyl (C=O) groups is 1. The highest BCUT2D eigenvalue weighted by Crippen LogP contribution is 2.21. The topological polar surface area (TPSA) is 125 Å². The van der Waals surface area contributed by atoms with Crippen LogP contribution in [0.25, 0.3) is 0 Å². The molecule has 24 heavy (non-hydrogen) atoms. The van der Waals surface area contributed by atoms with Crippen molar-refractivity contribution in [1.82, 2.24) is 9.78 Å². The van der Waals surface area contributed by atoms with Gasteiger partial charge in [0.1, 0.15) is 11.6 Å². The van der Waals surface area contributed by atoms with Gasteiger partial charge in [-0.1, -0.05) is 6.07 Å². The van der Waals surface area contributed by atoms with Gasteiger partial charge in [0.15, 0.2) is 5.82 Å². The van der Waals surface area contributed by atoms with E-state index in [0.29, 0.717) is 5.56 Å². The maximum Gasteiger partial charge on any atom is 0.335 e. The molecule has 0 saturated heterocycles. The van der Waals surface area contributed by atoms with Crippen molar-refractivity contribution in [3.05, 3.63) is 41.1 Å². The van der Waals surface area contributed by atoms with Crippen LogP contribution in [0.2, 0.25) is 0 Å². The molecule has 8 nitrogen and oxygen atoms in total. The van der Waals surface area contributed by atoms with Crippen LogP contribution in [-0.2, 0) is 10.0 Å². The van der Waals surface area contributed by atoms with E-state index >= 15 is 0 Å². The number of aromatic carboxylic acids is 1. The molecule has 0 aliphatic carbocycles. The molecule has 0 bridgehead atoms. The van der Waals surface area contributed by atoms with E-state index in [1.54, 1.807) is 6.92 Å². The van der Waals surface area contributed by atoms with Crippen LogP contribution in [-0.4, -0.2) is 29.3 Å². The zero-order valence-electron chi connectivity index (χ0n) is 13.3. The minimum absolute atomic E-state index is 0.0478. The van der Waals surface area contributed by atoms with Gasteiger partial charge < -0.3 is 5.11 Å². The van der Waals surface area contributed by atoms with Gasteiger partial charge in [-0.05, 0) is 38.5 Å². The monoisotopic (exact) mass is 348 g/mol. The van der Waals surface area contributed by atoms with Gasteiger partial charge in [-0.15, -0.1) is 0 Å². The number of nitrogens with one attached hydrogen (secondary N) is 1. The average molecular weight is 348 g/mol. The largest absolute Gasteiger partial charge is 0.478 e. The Morgan fingerprint density at radius 2 is 2.08 bits per heavy atom. The van der Waals surface area contributed by atoms with Crippen LogP contribution >= 0.6 is 0 Å². The number of hydrogen-bond acceptors (Lipinski definition) is 5. The molecule has 0 saturated carbocycles. The fraction of sp³-hybridized carbons (Fsp3) is 0.267. The third-order valence-corrected chi connectivity index (χ3v) is 4.70. The van der Waals surface area contributed by atoms with Crippen LogP contribution in [0.15, 0.2) is 29.3 Å². The molecule has 0 spiro atoms. The Balaban J connectivity index is 2.45. The van der Waals surface area contributed by atoms with E-state index < -0.39 is 16.0 Å². The summed E-state index contributed by atoms with van der Waals surface area (Å²) in [5.41, 5.74) is 0.423. The molecule has 1 aromatic carbocycles. The second-order valence-corrected chi connectivity index (χ2v) is 7.15. The van der Waals surface area contributed by atoms with Crippen LogP contribution in [0.3, 0.4) is 0 Å². The summed E-state index contributed by atoms with van der Waals surface area (Å²) in [6.45, 7) is 5.25. The smallest absolute Gasteiger partial charge is 0.335 e. The van der Waals surface area contributed by atoms with Gasteiger partial charge in [0, 0.05) is 12.2 Å². The first kappa shape index (κ1) is 17.5. The first-order valence-electron chi connectivity index (χ1n) is 7.01. The van der Waals surface area contributed by atoms with E-state index in [9.17, 15) is 13.2 Å². The molecule has 0 atom stereocenters. The van der Waals surface area contributed by atoms with Gasteiger partial charge in [0.25, 0.3) is 10.0 Å². The number of benzene rings is 1. The highest BCUT2D eigenvalue weighted by molar-refractivity contribution is 7.92. The third-order valence-electron chi connectivity index (χ3n) is 3.36. The number of sulfonamides is 1. The maximum atomic E-state index is 12.5. The number of aromatic nitrogens is 2. The molecule has 1 aromatic heterocycles. The van der Waals surface area contributed by atoms with Crippen LogP contribution < -0.4 is 4.72 Å². The molecule has 2 aromatic rings. The fourth-order valence-electron chi connectivity index (χ4n) is 2.00. The predicted octanol–water partition coefficient (Wildman–Crippen LogP) is 2.14. The Morgan fingerprint density at radius 3 is 2.62 bits per heavy atom. The lowest BCUT2D eigenvalue weighted by Gasteiger charge is -2.08. The van der Waals surface area contributed by atoms with E-state index in [-0.39, 0.29) is 27.9 Å². The number of carboxylic acids is 1. The van der Waals surface area contributed by atoms with Gasteiger partial charge in [-0.2, -0.15) is 10.4 Å². The first-order valence-corrected chi connectivity index (χ1v) is 8.50. The molecule has 0 aliphatic heterocycles. The number of hydrogen-bond donors (Lipinski definition) is 2. The van der Waals surface area contributed by atoms with Crippen LogP contribution in [0.1, 0.15) is 41.4 Å². The summed E-state index contributed by atoms with van der Waals surface area (Å²) < 4.78 is 28.7. The summed E-state index contributed by atoms with van der Waals surface area (Å²) >= 11 is 0. The van der Waals surface area contributed by atoms with E-state index in [0.717, 1.165) is 6.07 Å². The number of rotatable bonds is 5. The van der Waals surface area contributed by atoms with Gasteiger partial charge in [-0.3, -0.25) is 9.40 Å². The first-order chi connectivity index (χ1) is 11.2. The lowest BCUT2D eigenvalue weighted by Crippen LogP contribution is -2.15. The standard InChI is InChI=1S/C15H16N4O4S/c1-9(2)19-8-11(7-16)14(17-19)18-24(22,23)12-5-4-10(3)13(6-12)15(20)21/h4-6,8-9H,1-3H3,(H,17,18)(H,20,21). The summed E-state index contributed by atoms with van der Waals surface area (Å²) in [7, 11) is -4.07. The van der Waals surface area contributed by atoms with Gasteiger partial charge >= 0.3 is 5.97 Å². The number of carboxylic acid groups (broad SMARTS) is 1. The Hall–Kier alpha value is -2.86. The molecule has 0 unspecified atom stereocenters. The number of aryl methyl sites for hydroxylation is 1. The Labute approximate surface area is 139 Å². The highest BCUT2D eigenvalue weighted by Gasteiger charge is 2.21. The summed E-state index contributed by atoms with van der Waals surface area (Å²) in [5.74, 6) is -1.31. The van der Waals surface area contributed by atoms with E-state index in [2.05, 4.69) is 9.82 Å². The normalized spacial score (nSPS) is 11.3. The predicted molar refractivity (Wildman–Crippen MR) is 86.3 cm³/mol.